The van der Waals surface area contributed by atoms with Crippen molar-refractivity contribution in [2.75, 3.05) is 5.75 Å². The lowest BCUT2D eigenvalue weighted by molar-refractivity contribution is -0.118. The van der Waals surface area contributed by atoms with Gasteiger partial charge in [-0.3, -0.25) is 4.79 Å². The highest BCUT2D eigenvalue weighted by molar-refractivity contribution is 8.01. The second-order valence-electron chi connectivity index (χ2n) is 5.59. The van der Waals surface area contributed by atoms with Gasteiger partial charge in [0.15, 0.2) is 4.34 Å². The number of carbonyl (C=O) groups excluding carboxylic acids is 1. The molecule has 6 nitrogen and oxygen atoms in total. The van der Waals surface area contributed by atoms with Gasteiger partial charge in [-0.15, -0.1) is 11.3 Å². The van der Waals surface area contributed by atoms with Crippen LogP contribution in [0.2, 0.25) is 0 Å². The third kappa shape index (κ3) is 4.42. The quantitative estimate of drug-likeness (QED) is 0.308. The van der Waals surface area contributed by atoms with Gasteiger partial charge in [0.05, 0.1) is 28.5 Å². The van der Waals surface area contributed by atoms with Crippen LogP contribution in [0.5, 0.6) is 0 Å². The Morgan fingerprint density at radius 2 is 2.07 bits per heavy atom. The Balaban J connectivity index is 1.28. The van der Waals surface area contributed by atoms with Crippen molar-refractivity contribution in [2.45, 2.75) is 4.34 Å². The highest BCUT2D eigenvalue weighted by atomic mass is 32.2. The summed E-state index contributed by atoms with van der Waals surface area (Å²) in [6.45, 7) is 0. The van der Waals surface area contributed by atoms with E-state index >= 15 is 0 Å². The maximum atomic E-state index is 12.0. The van der Waals surface area contributed by atoms with Crippen LogP contribution in [-0.2, 0) is 4.79 Å². The summed E-state index contributed by atoms with van der Waals surface area (Å²) < 4.78 is 3.92. The Kier molecular flexibility index (Phi) is 5.27. The molecule has 2 heterocycles. The number of hydrogen-bond acceptors (Lipinski definition) is 6. The van der Waals surface area contributed by atoms with E-state index in [1.54, 1.807) is 30.1 Å². The van der Waals surface area contributed by atoms with Gasteiger partial charge in [0.1, 0.15) is 0 Å². The van der Waals surface area contributed by atoms with E-state index in [4.69, 9.17) is 0 Å². The van der Waals surface area contributed by atoms with Gasteiger partial charge in [0.25, 0.3) is 5.91 Å². The van der Waals surface area contributed by atoms with Gasteiger partial charge in [-0.05, 0) is 29.8 Å². The fourth-order valence-corrected chi connectivity index (χ4v) is 4.26. The molecule has 0 spiro atoms. The minimum absolute atomic E-state index is 0.162. The lowest BCUT2D eigenvalue weighted by Gasteiger charge is -2.02. The predicted molar refractivity (Wildman–Crippen MR) is 110 cm³/mol. The first-order chi connectivity index (χ1) is 13.3. The second kappa shape index (κ2) is 8.15. The average molecular weight is 393 g/mol. The fraction of sp³-hybridized carbons (Fsp3) is 0.0526. The smallest absolute Gasteiger partial charge is 0.250 e. The summed E-state index contributed by atoms with van der Waals surface area (Å²) >= 11 is 3.00. The van der Waals surface area contributed by atoms with Crippen LogP contribution < -0.4 is 5.43 Å². The normalized spacial score (nSPS) is 11.3. The van der Waals surface area contributed by atoms with Crippen molar-refractivity contribution in [3.8, 4) is 5.69 Å². The number of hydrogen-bond donors (Lipinski definition) is 1. The number of hydrazone groups is 1. The van der Waals surface area contributed by atoms with Crippen LogP contribution in [0.4, 0.5) is 0 Å². The average Bonchev–Trinajstić information content (AvgIpc) is 3.36. The lowest BCUT2D eigenvalue weighted by atomic mass is 10.2. The molecule has 8 heteroatoms. The van der Waals surface area contributed by atoms with Crippen LogP contribution in [-0.4, -0.2) is 32.4 Å². The number of carbonyl (C=O) groups is 1. The molecule has 0 unspecified atom stereocenters. The van der Waals surface area contributed by atoms with Crippen molar-refractivity contribution < 1.29 is 4.79 Å². The molecular formula is C19H15N5OS2. The van der Waals surface area contributed by atoms with Crippen LogP contribution in [0.15, 0.2) is 76.7 Å². The van der Waals surface area contributed by atoms with E-state index < -0.39 is 0 Å². The highest BCUT2D eigenvalue weighted by Gasteiger charge is 2.06. The first-order valence-electron chi connectivity index (χ1n) is 8.16. The highest BCUT2D eigenvalue weighted by Crippen LogP contribution is 2.28. The minimum Gasteiger partial charge on any atom is -0.306 e. The summed E-state index contributed by atoms with van der Waals surface area (Å²) in [6, 6.07) is 15.7. The first kappa shape index (κ1) is 17.4. The first-order valence-corrected chi connectivity index (χ1v) is 9.97. The molecule has 0 saturated carbocycles. The Bertz CT molecular complexity index is 1040. The third-order valence-corrected chi connectivity index (χ3v) is 5.88. The topological polar surface area (TPSA) is 72.2 Å². The molecular weight excluding hydrogens is 378 g/mol. The van der Waals surface area contributed by atoms with Crippen LogP contribution in [0.3, 0.4) is 0 Å². The summed E-state index contributed by atoms with van der Waals surface area (Å²) in [5, 5.41) is 4.01. The SMILES string of the molecule is O=C(CSc1nc2ccccc2s1)N/N=C/c1ccc(-n2ccnc2)cc1. The summed E-state index contributed by atoms with van der Waals surface area (Å²) in [5.74, 6) is 0.113. The predicted octanol–water partition coefficient (Wildman–Crippen LogP) is 3.72. The van der Waals surface area contributed by atoms with Gasteiger partial charge < -0.3 is 4.57 Å². The van der Waals surface area contributed by atoms with E-state index in [0.717, 1.165) is 25.8 Å². The van der Waals surface area contributed by atoms with Crippen LogP contribution in [0.1, 0.15) is 5.56 Å². The maximum Gasteiger partial charge on any atom is 0.250 e. The summed E-state index contributed by atoms with van der Waals surface area (Å²) in [4.78, 5) is 20.5. The van der Waals surface area contributed by atoms with Gasteiger partial charge in [-0.1, -0.05) is 36.0 Å². The number of rotatable bonds is 6. The van der Waals surface area contributed by atoms with Crippen molar-refractivity contribution in [3.63, 3.8) is 0 Å². The van der Waals surface area contributed by atoms with Crippen molar-refractivity contribution in [2.24, 2.45) is 5.10 Å². The number of thiazole rings is 1. The van der Waals surface area contributed by atoms with Crippen LogP contribution in [0, 0.1) is 0 Å². The van der Waals surface area contributed by atoms with Crippen LogP contribution in [0.25, 0.3) is 15.9 Å². The zero-order valence-corrected chi connectivity index (χ0v) is 15.8. The van der Waals surface area contributed by atoms with Crippen molar-refractivity contribution in [1.82, 2.24) is 20.0 Å². The van der Waals surface area contributed by atoms with E-state index in [-0.39, 0.29) is 11.7 Å². The monoisotopic (exact) mass is 393 g/mol. The van der Waals surface area contributed by atoms with E-state index in [9.17, 15) is 4.79 Å². The molecule has 2 aromatic carbocycles. The Labute approximate surface area is 164 Å². The summed E-state index contributed by atoms with van der Waals surface area (Å²) in [6.07, 6.45) is 6.98. The number of fused-ring (bicyclic) bond motifs is 1. The molecule has 0 fully saturated rings. The molecule has 0 aliphatic carbocycles. The summed E-state index contributed by atoms with van der Waals surface area (Å²) in [5.41, 5.74) is 5.43. The van der Waals surface area contributed by atoms with E-state index in [1.165, 1.54) is 11.8 Å². The Hall–Kier alpha value is -2.97. The molecule has 0 atom stereocenters. The molecule has 4 rings (SSSR count). The zero-order chi connectivity index (χ0) is 18.5. The molecule has 0 bridgehead atoms. The van der Waals surface area contributed by atoms with E-state index in [0.29, 0.717) is 0 Å². The molecule has 0 aliphatic rings. The molecule has 134 valence electrons. The molecule has 0 saturated heterocycles. The number of nitrogens with zero attached hydrogens (tertiary/aromatic N) is 4. The maximum absolute atomic E-state index is 12.0. The number of amides is 1. The van der Waals surface area contributed by atoms with E-state index in [1.807, 2.05) is 59.3 Å². The molecule has 1 amide bonds. The standard InChI is InChI=1S/C19H15N5OS2/c25-18(12-26-19-22-16-3-1-2-4-17(16)27-19)23-21-11-14-5-7-15(8-6-14)24-10-9-20-13-24/h1-11,13H,12H2,(H,23,25)/b21-11+. The number of thioether (sulfide) groups is 1. The molecule has 2 aromatic heterocycles. The third-order valence-electron chi connectivity index (χ3n) is 3.70. The van der Waals surface area contributed by atoms with Gasteiger partial charge in [0, 0.05) is 18.1 Å². The van der Waals surface area contributed by atoms with Gasteiger partial charge in [-0.2, -0.15) is 5.10 Å². The van der Waals surface area contributed by atoms with Crippen molar-refractivity contribution in [3.05, 3.63) is 72.8 Å². The Morgan fingerprint density at radius 3 is 2.85 bits per heavy atom. The minimum atomic E-state index is -0.162. The number of para-hydroxylation sites is 1. The van der Waals surface area contributed by atoms with Gasteiger partial charge in [-0.25, -0.2) is 15.4 Å². The largest absolute Gasteiger partial charge is 0.306 e. The lowest BCUT2D eigenvalue weighted by Crippen LogP contribution is -2.19. The number of aromatic nitrogens is 3. The molecule has 0 radical (unpaired) electrons. The Morgan fingerprint density at radius 1 is 1.22 bits per heavy atom. The van der Waals surface area contributed by atoms with E-state index in [2.05, 4.69) is 20.5 Å². The zero-order valence-electron chi connectivity index (χ0n) is 14.1. The number of imidazole rings is 1. The molecule has 4 aromatic rings. The van der Waals surface area contributed by atoms with Crippen LogP contribution >= 0.6 is 23.1 Å². The molecule has 0 aliphatic heterocycles. The number of nitrogens with one attached hydrogen (secondary N) is 1. The van der Waals surface area contributed by atoms with Gasteiger partial charge >= 0.3 is 0 Å². The second-order valence-corrected chi connectivity index (χ2v) is 7.84. The summed E-state index contributed by atoms with van der Waals surface area (Å²) in [7, 11) is 0. The van der Waals surface area contributed by atoms with Crippen molar-refractivity contribution in [1.29, 1.82) is 0 Å². The molecule has 27 heavy (non-hydrogen) atoms. The number of benzene rings is 2. The van der Waals surface area contributed by atoms with Gasteiger partial charge in [0.2, 0.25) is 0 Å². The molecule has 1 N–H and O–H groups in total. The van der Waals surface area contributed by atoms with Crippen molar-refractivity contribution >= 4 is 45.4 Å². The fourth-order valence-electron chi connectivity index (χ4n) is 2.40.